The van der Waals surface area contributed by atoms with Gasteiger partial charge in [0.05, 0.1) is 0 Å². The van der Waals surface area contributed by atoms with Crippen molar-refractivity contribution in [3.63, 3.8) is 0 Å². The van der Waals surface area contributed by atoms with Crippen LogP contribution in [0.3, 0.4) is 0 Å². The third-order valence-corrected chi connectivity index (χ3v) is 2.63. The van der Waals surface area contributed by atoms with E-state index >= 15 is 0 Å². The molecule has 1 heterocycles. The second-order valence-corrected chi connectivity index (χ2v) is 3.46. The first-order chi connectivity index (χ1) is 5.77. The minimum absolute atomic E-state index is 0.253. The van der Waals surface area contributed by atoms with Crippen LogP contribution in [0.2, 0.25) is 5.15 Å². The number of anilines is 1. The first kappa shape index (κ1) is 7.80. The summed E-state index contributed by atoms with van der Waals surface area (Å²) in [5, 5.41) is 0.521. The van der Waals surface area contributed by atoms with Crippen molar-refractivity contribution >= 4 is 17.5 Å². The van der Waals surface area contributed by atoms with Crippen LogP contribution in [0.1, 0.15) is 30.7 Å². The molecule has 1 aromatic rings. The average Bonchev–Trinajstić information content (AvgIpc) is 1.91. The van der Waals surface area contributed by atoms with Crippen LogP contribution in [-0.4, -0.2) is 9.97 Å². The Morgan fingerprint density at radius 3 is 2.75 bits per heavy atom. The lowest BCUT2D eigenvalue weighted by molar-refractivity contribution is 0.418. The van der Waals surface area contributed by atoms with Crippen LogP contribution < -0.4 is 5.73 Å². The quantitative estimate of drug-likeness (QED) is 0.678. The van der Waals surface area contributed by atoms with Crippen LogP contribution in [0.5, 0.6) is 0 Å². The number of nitrogen functional groups attached to an aromatic ring is 1. The minimum atomic E-state index is 0.253. The van der Waals surface area contributed by atoms with Gasteiger partial charge in [0.1, 0.15) is 5.15 Å². The van der Waals surface area contributed by atoms with Crippen molar-refractivity contribution in [2.75, 3.05) is 5.73 Å². The predicted molar refractivity (Wildman–Crippen MR) is 48.0 cm³/mol. The summed E-state index contributed by atoms with van der Waals surface area (Å²) in [6.07, 6.45) is 5.43. The molecule has 1 fully saturated rings. The first-order valence-corrected chi connectivity index (χ1v) is 4.43. The minimum Gasteiger partial charge on any atom is -0.368 e. The maximum absolute atomic E-state index is 5.91. The summed E-state index contributed by atoms with van der Waals surface area (Å²) < 4.78 is 0. The molecule has 2 rings (SSSR count). The number of hydrogen-bond acceptors (Lipinski definition) is 3. The smallest absolute Gasteiger partial charge is 0.221 e. The van der Waals surface area contributed by atoms with E-state index in [0.29, 0.717) is 11.1 Å². The van der Waals surface area contributed by atoms with E-state index in [4.69, 9.17) is 17.3 Å². The zero-order valence-corrected chi connectivity index (χ0v) is 7.38. The Morgan fingerprint density at radius 2 is 2.25 bits per heavy atom. The molecule has 0 bridgehead atoms. The molecule has 2 N–H and O–H groups in total. The van der Waals surface area contributed by atoms with Crippen LogP contribution in [0.15, 0.2) is 6.20 Å². The second kappa shape index (κ2) is 2.90. The van der Waals surface area contributed by atoms with Crippen molar-refractivity contribution in [3.05, 3.63) is 16.9 Å². The van der Waals surface area contributed by atoms with Gasteiger partial charge >= 0.3 is 0 Å². The van der Waals surface area contributed by atoms with Crippen molar-refractivity contribution in [1.82, 2.24) is 9.97 Å². The molecule has 0 radical (unpaired) electrons. The highest BCUT2D eigenvalue weighted by Crippen LogP contribution is 2.38. The maximum Gasteiger partial charge on any atom is 0.221 e. The Bertz CT molecular complexity index is 296. The molecule has 1 aliphatic rings. The first-order valence-electron chi connectivity index (χ1n) is 4.05. The summed E-state index contributed by atoms with van der Waals surface area (Å²) in [4.78, 5) is 7.83. The van der Waals surface area contributed by atoms with Gasteiger partial charge < -0.3 is 5.73 Å². The molecule has 12 heavy (non-hydrogen) atoms. The lowest BCUT2D eigenvalue weighted by Crippen LogP contribution is -2.11. The summed E-state index contributed by atoms with van der Waals surface area (Å²) in [5.41, 5.74) is 6.43. The molecule has 1 aromatic heterocycles. The van der Waals surface area contributed by atoms with Gasteiger partial charge in [0, 0.05) is 11.8 Å². The lowest BCUT2D eigenvalue weighted by atomic mass is 9.81. The number of nitrogens with zero attached hydrogens (tertiary/aromatic N) is 2. The highest BCUT2D eigenvalue weighted by molar-refractivity contribution is 6.30. The molecule has 64 valence electrons. The molecule has 0 unspecified atom stereocenters. The summed E-state index contributed by atoms with van der Waals surface area (Å²) in [7, 11) is 0. The molecule has 0 spiro atoms. The molecule has 0 aromatic carbocycles. The van der Waals surface area contributed by atoms with Crippen LogP contribution >= 0.6 is 11.6 Å². The van der Waals surface area contributed by atoms with E-state index in [1.807, 2.05) is 0 Å². The van der Waals surface area contributed by atoms with Crippen LogP contribution in [0.25, 0.3) is 0 Å². The largest absolute Gasteiger partial charge is 0.368 e. The van der Waals surface area contributed by atoms with E-state index < -0.39 is 0 Å². The summed E-state index contributed by atoms with van der Waals surface area (Å²) >= 11 is 5.91. The van der Waals surface area contributed by atoms with Crippen molar-refractivity contribution < 1.29 is 0 Å². The standard InChI is InChI=1S/C8H10ClN3/c9-7-6(5-2-1-3-5)4-11-8(10)12-7/h4-5H,1-3H2,(H2,10,11,12). The van der Waals surface area contributed by atoms with Gasteiger partial charge in [-0.1, -0.05) is 18.0 Å². The van der Waals surface area contributed by atoms with Crippen molar-refractivity contribution in [3.8, 4) is 0 Å². The molecule has 0 amide bonds. The van der Waals surface area contributed by atoms with E-state index in [1.165, 1.54) is 19.3 Å². The number of rotatable bonds is 1. The van der Waals surface area contributed by atoms with Gasteiger partial charge in [0.25, 0.3) is 0 Å². The fourth-order valence-electron chi connectivity index (χ4n) is 1.38. The van der Waals surface area contributed by atoms with Crippen LogP contribution in [0.4, 0.5) is 5.95 Å². The Morgan fingerprint density at radius 1 is 1.50 bits per heavy atom. The normalized spacial score (nSPS) is 17.4. The Labute approximate surface area is 76.0 Å². The third kappa shape index (κ3) is 1.25. The zero-order valence-electron chi connectivity index (χ0n) is 6.63. The van der Waals surface area contributed by atoms with E-state index in [9.17, 15) is 0 Å². The van der Waals surface area contributed by atoms with Gasteiger partial charge in [0.2, 0.25) is 5.95 Å². The fraction of sp³-hybridized carbons (Fsp3) is 0.500. The Kier molecular flexibility index (Phi) is 1.89. The van der Waals surface area contributed by atoms with Gasteiger partial charge in [0.15, 0.2) is 0 Å². The van der Waals surface area contributed by atoms with Gasteiger partial charge in [-0.25, -0.2) is 9.97 Å². The number of hydrogen-bond donors (Lipinski definition) is 1. The van der Waals surface area contributed by atoms with Crippen molar-refractivity contribution in [1.29, 1.82) is 0 Å². The molecular weight excluding hydrogens is 174 g/mol. The van der Waals surface area contributed by atoms with Gasteiger partial charge in [-0.15, -0.1) is 0 Å². The Balaban J connectivity index is 2.31. The van der Waals surface area contributed by atoms with Crippen LogP contribution in [-0.2, 0) is 0 Å². The summed E-state index contributed by atoms with van der Waals surface area (Å²) in [5.74, 6) is 0.821. The highest BCUT2D eigenvalue weighted by Gasteiger charge is 2.22. The maximum atomic E-state index is 5.91. The molecule has 1 aliphatic carbocycles. The molecule has 0 atom stereocenters. The third-order valence-electron chi connectivity index (χ3n) is 2.33. The zero-order chi connectivity index (χ0) is 8.55. The molecule has 1 saturated carbocycles. The van der Waals surface area contributed by atoms with Gasteiger partial charge in [-0.05, 0) is 18.8 Å². The molecule has 4 heteroatoms. The van der Waals surface area contributed by atoms with Crippen LogP contribution in [0, 0.1) is 0 Å². The van der Waals surface area contributed by atoms with Gasteiger partial charge in [-0.2, -0.15) is 0 Å². The number of halogens is 1. The molecule has 3 nitrogen and oxygen atoms in total. The van der Waals surface area contributed by atoms with Gasteiger partial charge in [-0.3, -0.25) is 0 Å². The molecular formula is C8H10ClN3. The van der Waals surface area contributed by atoms with E-state index in [1.54, 1.807) is 6.20 Å². The summed E-state index contributed by atoms with van der Waals surface area (Å²) in [6.45, 7) is 0. The van der Waals surface area contributed by atoms with E-state index in [0.717, 1.165) is 5.56 Å². The molecule has 0 saturated heterocycles. The predicted octanol–water partition coefficient (Wildman–Crippen LogP) is 1.98. The SMILES string of the molecule is Nc1ncc(C2CCC2)c(Cl)n1. The summed E-state index contributed by atoms with van der Waals surface area (Å²) in [6, 6.07) is 0. The number of nitrogens with two attached hydrogens (primary N) is 1. The number of aromatic nitrogens is 2. The lowest BCUT2D eigenvalue weighted by Gasteiger charge is -2.25. The Hall–Kier alpha value is -0.830. The van der Waals surface area contributed by atoms with Crippen molar-refractivity contribution in [2.24, 2.45) is 0 Å². The van der Waals surface area contributed by atoms with E-state index in [-0.39, 0.29) is 5.95 Å². The topological polar surface area (TPSA) is 51.8 Å². The monoisotopic (exact) mass is 183 g/mol. The fourth-order valence-corrected chi connectivity index (χ4v) is 1.67. The average molecular weight is 184 g/mol. The van der Waals surface area contributed by atoms with E-state index in [2.05, 4.69) is 9.97 Å². The second-order valence-electron chi connectivity index (χ2n) is 3.10. The van der Waals surface area contributed by atoms with Crippen molar-refractivity contribution in [2.45, 2.75) is 25.2 Å². The highest BCUT2D eigenvalue weighted by atomic mass is 35.5. The molecule has 0 aliphatic heterocycles.